The molecule has 0 saturated heterocycles. The van der Waals surface area contributed by atoms with Gasteiger partial charge in [0, 0.05) is 23.5 Å². The van der Waals surface area contributed by atoms with Gasteiger partial charge in [-0.05, 0) is 19.8 Å². The van der Waals surface area contributed by atoms with E-state index in [1.54, 1.807) is 11.3 Å². The topological polar surface area (TPSA) is 24.9 Å². The van der Waals surface area contributed by atoms with Gasteiger partial charge >= 0.3 is 0 Å². The minimum atomic E-state index is 0.750. The third-order valence-corrected chi connectivity index (χ3v) is 3.94. The first kappa shape index (κ1) is 10.9. The minimum Gasteiger partial charge on any atom is -0.308 e. The summed E-state index contributed by atoms with van der Waals surface area (Å²) < 4.78 is 0. The van der Waals surface area contributed by atoms with Crippen molar-refractivity contribution in [1.82, 2.24) is 10.3 Å². The van der Waals surface area contributed by atoms with Gasteiger partial charge in [-0.3, -0.25) is 0 Å². The predicted octanol–water partition coefficient (Wildman–Crippen LogP) is 3.37. The molecule has 0 spiro atoms. The Balaban J connectivity index is 1.72. The monoisotopic (exact) mass is 244 g/mol. The van der Waals surface area contributed by atoms with E-state index in [0.717, 1.165) is 23.3 Å². The number of benzene rings is 1. The first-order chi connectivity index (χ1) is 8.31. The van der Waals surface area contributed by atoms with Crippen molar-refractivity contribution in [3.63, 3.8) is 0 Å². The maximum Gasteiger partial charge on any atom is 0.123 e. The van der Waals surface area contributed by atoms with Gasteiger partial charge in [-0.1, -0.05) is 29.8 Å². The summed E-state index contributed by atoms with van der Waals surface area (Å²) >= 11 is 1.73. The number of aryl methyl sites for hydroxylation is 1. The van der Waals surface area contributed by atoms with Crippen LogP contribution in [-0.4, -0.2) is 11.0 Å². The van der Waals surface area contributed by atoms with Crippen molar-refractivity contribution in [2.24, 2.45) is 0 Å². The van der Waals surface area contributed by atoms with Crippen LogP contribution in [0, 0.1) is 6.92 Å². The van der Waals surface area contributed by atoms with Gasteiger partial charge in [-0.2, -0.15) is 0 Å². The fourth-order valence-electron chi connectivity index (χ4n) is 1.75. The Kier molecular flexibility index (Phi) is 2.95. The average Bonchev–Trinajstić information content (AvgIpc) is 3.06. The summed E-state index contributed by atoms with van der Waals surface area (Å²) in [6.45, 7) is 3.02. The van der Waals surface area contributed by atoms with Crippen molar-refractivity contribution in [1.29, 1.82) is 0 Å². The highest BCUT2D eigenvalue weighted by atomic mass is 32.1. The molecule has 1 aliphatic rings. The van der Waals surface area contributed by atoms with Gasteiger partial charge in [-0.15, -0.1) is 11.3 Å². The molecule has 0 unspecified atom stereocenters. The van der Waals surface area contributed by atoms with E-state index in [0.29, 0.717) is 0 Å². The molecule has 3 heteroatoms. The van der Waals surface area contributed by atoms with Crippen LogP contribution in [0.2, 0.25) is 0 Å². The Morgan fingerprint density at radius 1 is 1.29 bits per heavy atom. The average molecular weight is 244 g/mol. The third-order valence-electron chi connectivity index (χ3n) is 3.00. The molecule has 1 heterocycles. The molecule has 0 radical (unpaired) electrons. The van der Waals surface area contributed by atoms with Crippen molar-refractivity contribution >= 4 is 11.3 Å². The number of thiazole rings is 1. The molecule has 0 atom stereocenters. The number of nitrogens with one attached hydrogen (secondary N) is 1. The molecule has 0 aliphatic heterocycles. The van der Waals surface area contributed by atoms with E-state index in [9.17, 15) is 0 Å². The Labute approximate surface area is 106 Å². The Bertz CT molecular complexity index is 497. The standard InChI is InChI=1S/C14H16N2S/c1-10-2-4-11(5-3-10)14-16-13(9-17-14)8-15-12-6-7-12/h2-5,9,12,15H,6-8H2,1H3. The molecule has 2 nitrogen and oxygen atoms in total. The third kappa shape index (κ3) is 2.73. The van der Waals surface area contributed by atoms with Crippen molar-refractivity contribution in [3.8, 4) is 10.6 Å². The lowest BCUT2D eigenvalue weighted by Crippen LogP contribution is -2.15. The van der Waals surface area contributed by atoms with Gasteiger partial charge in [0.25, 0.3) is 0 Å². The summed E-state index contributed by atoms with van der Waals surface area (Å²) in [6.07, 6.45) is 2.66. The van der Waals surface area contributed by atoms with Crippen LogP contribution in [0.15, 0.2) is 29.6 Å². The lowest BCUT2D eigenvalue weighted by atomic mass is 10.2. The van der Waals surface area contributed by atoms with Crippen molar-refractivity contribution in [2.45, 2.75) is 32.4 Å². The van der Waals surface area contributed by atoms with Crippen LogP contribution in [-0.2, 0) is 6.54 Å². The second-order valence-corrected chi connectivity index (χ2v) is 5.52. The van der Waals surface area contributed by atoms with Gasteiger partial charge in [0.2, 0.25) is 0 Å². The summed E-state index contributed by atoms with van der Waals surface area (Å²) in [5.74, 6) is 0. The number of hydrogen-bond acceptors (Lipinski definition) is 3. The van der Waals surface area contributed by atoms with Crippen LogP contribution in [0.5, 0.6) is 0 Å². The molecule has 1 fully saturated rings. The molecule has 88 valence electrons. The predicted molar refractivity (Wildman–Crippen MR) is 72.1 cm³/mol. The molecule has 17 heavy (non-hydrogen) atoms. The maximum absolute atomic E-state index is 4.67. The highest BCUT2D eigenvalue weighted by Crippen LogP contribution is 2.25. The second-order valence-electron chi connectivity index (χ2n) is 4.67. The number of aromatic nitrogens is 1. The molecule has 1 aromatic heterocycles. The van der Waals surface area contributed by atoms with Crippen molar-refractivity contribution in [3.05, 3.63) is 40.9 Å². The molecule has 2 aromatic rings. The minimum absolute atomic E-state index is 0.750. The Morgan fingerprint density at radius 3 is 2.76 bits per heavy atom. The molecule has 0 amide bonds. The van der Waals surface area contributed by atoms with E-state index >= 15 is 0 Å². The van der Waals surface area contributed by atoms with Crippen LogP contribution in [0.3, 0.4) is 0 Å². The number of rotatable bonds is 4. The highest BCUT2D eigenvalue weighted by molar-refractivity contribution is 7.13. The summed E-state index contributed by atoms with van der Waals surface area (Å²) in [5.41, 5.74) is 3.68. The van der Waals surface area contributed by atoms with Gasteiger partial charge in [-0.25, -0.2) is 4.98 Å². The van der Waals surface area contributed by atoms with Crippen LogP contribution in [0.1, 0.15) is 24.1 Å². The fraction of sp³-hybridized carbons (Fsp3) is 0.357. The molecule has 1 aliphatic carbocycles. The summed E-state index contributed by atoms with van der Waals surface area (Å²) in [6, 6.07) is 9.32. The molecule has 1 aromatic carbocycles. The largest absolute Gasteiger partial charge is 0.308 e. The van der Waals surface area contributed by atoms with Crippen LogP contribution < -0.4 is 5.32 Å². The Hall–Kier alpha value is -1.19. The van der Waals surface area contributed by atoms with Gasteiger partial charge in [0.1, 0.15) is 5.01 Å². The zero-order chi connectivity index (χ0) is 11.7. The first-order valence-corrected chi connectivity index (χ1v) is 6.94. The summed E-state index contributed by atoms with van der Waals surface area (Å²) in [4.78, 5) is 4.67. The fourth-order valence-corrected chi connectivity index (χ4v) is 2.58. The molecular formula is C14H16N2S. The lowest BCUT2D eigenvalue weighted by Gasteiger charge is -1.98. The van der Waals surface area contributed by atoms with Gasteiger partial charge in [0.05, 0.1) is 5.69 Å². The SMILES string of the molecule is Cc1ccc(-c2nc(CNC3CC3)cs2)cc1. The smallest absolute Gasteiger partial charge is 0.123 e. The second kappa shape index (κ2) is 4.59. The number of hydrogen-bond donors (Lipinski definition) is 1. The van der Waals surface area contributed by atoms with E-state index in [4.69, 9.17) is 0 Å². The van der Waals surface area contributed by atoms with Crippen LogP contribution in [0.25, 0.3) is 10.6 Å². The number of nitrogens with zero attached hydrogens (tertiary/aromatic N) is 1. The molecule has 0 bridgehead atoms. The summed E-state index contributed by atoms with van der Waals surface area (Å²) in [5, 5.41) is 6.77. The highest BCUT2D eigenvalue weighted by Gasteiger charge is 2.20. The molecule has 1 saturated carbocycles. The Morgan fingerprint density at radius 2 is 2.06 bits per heavy atom. The molecular weight excluding hydrogens is 228 g/mol. The van der Waals surface area contributed by atoms with Gasteiger partial charge < -0.3 is 5.32 Å². The zero-order valence-electron chi connectivity index (χ0n) is 9.94. The van der Waals surface area contributed by atoms with E-state index in [1.165, 1.54) is 24.0 Å². The molecule has 1 N–H and O–H groups in total. The normalized spacial score (nSPS) is 15.1. The van der Waals surface area contributed by atoms with Crippen molar-refractivity contribution in [2.75, 3.05) is 0 Å². The quantitative estimate of drug-likeness (QED) is 0.892. The molecule has 3 rings (SSSR count). The maximum atomic E-state index is 4.67. The first-order valence-electron chi connectivity index (χ1n) is 6.06. The zero-order valence-corrected chi connectivity index (χ0v) is 10.8. The van der Waals surface area contributed by atoms with E-state index < -0.39 is 0 Å². The van der Waals surface area contributed by atoms with E-state index in [1.807, 2.05) is 0 Å². The van der Waals surface area contributed by atoms with E-state index in [-0.39, 0.29) is 0 Å². The summed E-state index contributed by atoms with van der Waals surface area (Å²) in [7, 11) is 0. The lowest BCUT2D eigenvalue weighted by molar-refractivity contribution is 0.678. The van der Waals surface area contributed by atoms with Crippen molar-refractivity contribution < 1.29 is 0 Å². The van der Waals surface area contributed by atoms with E-state index in [2.05, 4.69) is 46.9 Å². The van der Waals surface area contributed by atoms with Gasteiger partial charge in [0.15, 0.2) is 0 Å². The van der Waals surface area contributed by atoms with Crippen LogP contribution >= 0.6 is 11.3 Å². The van der Waals surface area contributed by atoms with Crippen LogP contribution in [0.4, 0.5) is 0 Å².